The first-order chi connectivity index (χ1) is 9.61. The van der Waals surface area contributed by atoms with E-state index < -0.39 is 0 Å². The van der Waals surface area contributed by atoms with Crippen LogP contribution in [0.25, 0.3) is 0 Å². The number of rotatable bonds is 5. The van der Waals surface area contributed by atoms with Crippen LogP contribution in [0.1, 0.15) is 24.1 Å². The lowest BCUT2D eigenvalue weighted by Gasteiger charge is -2.20. The number of nitrogens with two attached hydrogens (primary N) is 1. The summed E-state index contributed by atoms with van der Waals surface area (Å²) in [5.41, 5.74) is 8.01. The number of aromatic nitrogens is 1. The Morgan fingerprint density at radius 1 is 1.25 bits per heavy atom. The van der Waals surface area contributed by atoms with E-state index in [0.29, 0.717) is 0 Å². The smallest absolute Gasteiger partial charge is 0.128 e. The molecule has 0 aliphatic heterocycles. The maximum absolute atomic E-state index is 5.83. The number of methoxy groups -OCH3 is 1. The molecule has 2 aromatic rings. The molecular weight excluding hydrogens is 250 g/mol. The molecule has 1 atom stereocenters. The number of para-hydroxylation sites is 1. The molecule has 0 fully saturated rings. The summed E-state index contributed by atoms with van der Waals surface area (Å²) in [6.07, 6.45) is 1.83. The lowest BCUT2D eigenvalue weighted by atomic mass is 10.1. The molecule has 20 heavy (non-hydrogen) atoms. The molecule has 106 valence electrons. The molecule has 4 heteroatoms. The predicted molar refractivity (Wildman–Crippen MR) is 81.9 cm³/mol. The number of hydrogen-bond donors (Lipinski definition) is 1. The van der Waals surface area contributed by atoms with Crippen LogP contribution in [0.4, 0.5) is 5.82 Å². The third-order valence-corrected chi connectivity index (χ3v) is 3.29. The van der Waals surface area contributed by atoms with Crippen LogP contribution in [0, 0.1) is 0 Å². The number of hydrogen-bond acceptors (Lipinski definition) is 4. The lowest BCUT2D eigenvalue weighted by Crippen LogP contribution is -2.18. The predicted octanol–water partition coefficient (Wildman–Crippen LogP) is 2.75. The van der Waals surface area contributed by atoms with E-state index in [-0.39, 0.29) is 6.04 Å². The van der Waals surface area contributed by atoms with Crippen LogP contribution in [0.3, 0.4) is 0 Å². The van der Waals surface area contributed by atoms with Crippen molar-refractivity contribution >= 4 is 5.82 Å². The van der Waals surface area contributed by atoms with Gasteiger partial charge in [0.1, 0.15) is 11.6 Å². The van der Waals surface area contributed by atoms with Gasteiger partial charge in [0.15, 0.2) is 0 Å². The van der Waals surface area contributed by atoms with Crippen molar-refractivity contribution in [2.45, 2.75) is 19.5 Å². The van der Waals surface area contributed by atoms with Crippen molar-refractivity contribution < 1.29 is 4.74 Å². The molecule has 1 aromatic heterocycles. The fourth-order valence-electron chi connectivity index (χ4n) is 2.06. The molecule has 0 spiro atoms. The van der Waals surface area contributed by atoms with Crippen LogP contribution in [0.5, 0.6) is 5.75 Å². The number of pyridine rings is 1. The van der Waals surface area contributed by atoms with Gasteiger partial charge in [0.05, 0.1) is 7.11 Å². The van der Waals surface area contributed by atoms with Crippen molar-refractivity contribution in [2.24, 2.45) is 5.73 Å². The molecule has 1 heterocycles. The Bertz CT molecular complexity index is 552. The van der Waals surface area contributed by atoms with Crippen molar-refractivity contribution in [3.05, 3.63) is 53.7 Å². The SMILES string of the molecule is COc1ccccc1CN(C)c1ccc([C@@H](C)N)cn1. The van der Waals surface area contributed by atoms with Crippen molar-refractivity contribution in [3.63, 3.8) is 0 Å². The summed E-state index contributed by atoms with van der Waals surface area (Å²) in [6.45, 7) is 2.70. The zero-order valence-electron chi connectivity index (χ0n) is 12.2. The number of nitrogens with zero attached hydrogens (tertiary/aromatic N) is 2. The Balaban J connectivity index is 2.13. The highest BCUT2D eigenvalue weighted by atomic mass is 16.5. The summed E-state index contributed by atoms with van der Waals surface area (Å²) in [7, 11) is 3.70. The van der Waals surface area contributed by atoms with E-state index in [1.54, 1.807) is 7.11 Å². The van der Waals surface area contributed by atoms with E-state index in [0.717, 1.165) is 29.2 Å². The van der Waals surface area contributed by atoms with E-state index in [9.17, 15) is 0 Å². The van der Waals surface area contributed by atoms with E-state index in [4.69, 9.17) is 10.5 Å². The third kappa shape index (κ3) is 3.27. The minimum Gasteiger partial charge on any atom is -0.496 e. The maximum atomic E-state index is 5.83. The summed E-state index contributed by atoms with van der Waals surface area (Å²) in [4.78, 5) is 6.54. The number of benzene rings is 1. The fraction of sp³-hybridized carbons (Fsp3) is 0.312. The zero-order chi connectivity index (χ0) is 14.5. The zero-order valence-corrected chi connectivity index (χ0v) is 12.2. The second-order valence-electron chi connectivity index (χ2n) is 4.91. The normalized spacial score (nSPS) is 12.0. The van der Waals surface area contributed by atoms with E-state index in [1.807, 2.05) is 50.5 Å². The second kappa shape index (κ2) is 6.39. The summed E-state index contributed by atoms with van der Waals surface area (Å²) in [5.74, 6) is 1.81. The van der Waals surface area contributed by atoms with Gasteiger partial charge in [0.2, 0.25) is 0 Å². The van der Waals surface area contributed by atoms with Gasteiger partial charge in [-0.15, -0.1) is 0 Å². The van der Waals surface area contributed by atoms with Crippen LogP contribution < -0.4 is 15.4 Å². The van der Waals surface area contributed by atoms with E-state index in [2.05, 4.69) is 16.0 Å². The molecule has 0 aliphatic rings. The first kappa shape index (κ1) is 14.3. The highest BCUT2D eigenvalue weighted by Crippen LogP contribution is 2.21. The Kier molecular flexibility index (Phi) is 4.58. The van der Waals surface area contributed by atoms with Crippen molar-refractivity contribution in [1.29, 1.82) is 0 Å². The van der Waals surface area contributed by atoms with Gasteiger partial charge in [0, 0.05) is 31.4 Å². The average molecular weight is 271 g/mol. The quantitative estimate of drug-likeness (QED) is 0.908. The Morgan fingerprint density at radius 3 is 2.60 bits per heavy atom. The third-order valence-electron chi connectivity index (χ3n) is 3.29. The van der Waals surface area contributed by atoms with E-state index in [1.165, 1.54) is 0 Å². The molecule has 0 saturated carbocycles. The highest BCUT2D eigenvalue weighted by molar-refractivity contribution is 5.42. The minimum absolute atomic E-state index is 0.0103. The Hall–Kier alpha value is -2.07. The van der Waals surface area contributed by atoms with Gasteiger partial charge in [0.25, 0.3) is 0 Å². The van der Waals surface area contributed by atoms with E-state index >= 15 is 0 Å². The number of anilines is 1. The summed E-state index contributed by atoms with van der Waals surface area (Å²) < 4.78 is 5.37. The van der Waals surface area contributed by atoms with Crippen LogP contribution >= 0.6 is 0 Å². The first-order valence-electron chi connectivity index (χ1n) is 6.66. The molecule has 0 saturated heterocycles. The molecule has 1 aromatic carbocycles. The molecule has 0 unspecified atom stereocenters. The van der Waals surface area contributed by atoms with Gasteiger partial charge in [-0.2, -0.15) is 0 Å². The molecule has 2 N–H and O–H groups in total. The molecule has 2 rings (SSSR count). The Morgan fingerprint density at radius 2 is 2.00 bits per heavy atom. The van der Waals surface area contributed by atoms with Crippen LogP contribution in [-0.2, 0) is 6.54 Å². The second-order valence-corrected chi connectivity index (χ2v) is 4.91. The standard InChI is InChI=1S/C16H21N3O/c1-12(17)13-8-9-16(18-10-13)19(2)11-14-6-4-5-7-15(14)20-3/h4-10,12H,11,17H2,1-3H3/t12-/m1/s1. The van der Waals surface area contributed by atoms with Crippen LogP contribution in [0.15, 0.2) is 42.6 Å². The molecule has 0 radical (unpaired) electrons. The van der Waals surface area contributed by atoms with Gasteiger partial charge in [-0.3, -0.25) is 0 Å². The molecule has 0 amide bonds. The van der Waals surface area contributed by atoms with Crippen LogP contribution in [0.2, 0.25) is 0 Å². The molecule has 0 aliphatic carbocycles. The van der Waals surface area contributed by atoms with Crippen LogP contribution in [-0.4, -0.2) is 19.1 Å². The fourth-order valence-corrected chi connectivity index (χ4v) is 2.06. The molecule has 0 bridgehead atoms. The first-order valence-corrected chi connectivity index (χ1v) is 6.66. The maximum Gasteiger partial charge on any atom is 0.128 e. The average Bonchev–Trinajstić information content (AvgIpc) is 2.48. The summed E-state index contributed by atoms with van der Waals surface area (Å²) in [6, 6.07) is 12.0. The minimum atomic E-state index is 0.0103. The lowest BCUT2D eigenvalue weighted by molar-refractivity contribution is 0.409. The highest BCUT2D eigenvalue weighted by Gasteiger charge is 2.08. The van der Waals surface area contributed by atoms with Gasteiger partial charge >= 0.3 is 0 Å². The molecular formula is C16H21N3O. The Labute approximate surface area is 120 Å². The summed E-state index contributed by atoms with van der Waals surface area (Å²) >= 11 is 0. The topological polar surface area (TPSA) is 51.4 Å². The van der Waals surface area contributed by atoms with Crippen molar-refractivity contribution in [1.82, 2.24) is 4.98 Å². The monoisotopic (exact) mass is 271 g/mol. The summed E-state index contributed by atoms with van der Waals surface area (Å²) in [5, 5.41) is 0. The van der Waals surface area contributed by atoms with Gasteiger partial charge in [-0.1, -0.05) is 24.3 Å². The van der Waals surface area contributed by atoms with Gasteiger partial charge < -0.3 is 15.4 Å². The van der Waals surface area contributed by atoms with Crippen molar-refractivity contribution in [3.8, 4) is 5.75 Å². The van der Waals surface area contributed by atoms with Gasteiger partial charge in [-0.25, -0.2) is 4.98 Å². The largest absolute Gasteiger partial charge is 0.496 e. The van der Waals surface area contributed by atoms with Gasteiger partial charge in [-0.05, 0) is 24.6 Å². The number of ether oxygens (including phenoxy) is 1. The van der Waals surface area contributed by atoms with Crippen molar-refractivity contribution in [2.75, 3.05) is 19.1 Å². The molecule has 4 nitrogen and oxygen atoms in total.